The van der Waals surface area contributed by atoms with E-state index in [-0.39, 0.29) is 11.9 Å². The zero-order valence-electron chi connectivity index (χ0n) is 13.6. The Labute approximate surface area is 145 Å². The van der Waals surface area contributed by atoms with Crippen molar-refractivity contribution in [2.45, 2.75) is 17.9 Å². The van der Waals surface area contributed by atoms with E-state index in [0.717, 1.165) is 27.4 Å². The minimum atomic E-state index is -0.165. The molecule has 1 aromatic heterocycles. The highest BCUT2D eigenvalue weighted by molar-refractivity contribution is 8.00. The second kappa shape index (κ2) is 7.45. The second-order valence-electron chi connectivity index (χ2n) is 5.44. The van der Waals surface area contributed by atoms with E-state index in [0.29, 0.717) is 5.75 Å². The highest BCUT2D eigenvalue weighted by atomic mass is 32.2. The van der Waals surface area contributed by atoms with Crippen molar-refractivity contribution in [1.29, 1.82) is 0 Å². The van der Waals surface area contributed by atoms with E-state index in [1.807, 2.05) is 61.5 Å². The summed E-state index contributed by atoms with van der Waals surface area (Å²) in [6, 6.07) is 17.3. The van der Waals surface area contributed by atoms with Crippen molar-refractivity contribution in [1.82, 2.24) is 5.32 Å². The van der Waals surface area contributed by atoms with E-state index in [1.54, 1.807) is 7.11 Å². The van der Waals surface area contributed by atoms with Crippen LogP contribution in [-0.4, -0.2) is 18.8 Å². The third-order valence-electron chi connectivity index (χ3n) is 3.68. The fourth-order valence-electron chi connectivity index (χ4n) is 2.39. The first-order chi connectivity index (χ1) is 11.7. The average molecular weight is 341 g/mol. The predicted molar refractivity (Wildman–Crippen MR) is 96.5 cm³/mol. The van der Waals surface area contributed by atoms with Gasteiger partial charge in [-0.25, -0.2) is 0 Å². The second-order valence-corrected chi connectivity index (χ2v) is 6.49. The van der Waals surface area contributed by atoms with Crippen LogP contribution in [0.1, 0.15) is 18.7 Å². The number of methoxy groups -OCH3 is 1. The van der Waals surface area contributed by atoms with Gasteiger partial charge in [0.25, 0.3) is 0 Å². The largest absolute Gasteiger partial charge is 0.497 e. The minimum Gasteiger partial charge on any atom is -0.497 e. The first-order valence-corrected chi connectivity index (χ1v) is 8.69. The number of hydrogen-bond acceptors (Lipinski definition) is 4. The van der Waals surface area contributed by atoms with Gasteiger partial charge < -0.3 is 14.5 Å². The van der Waals surface area contributed by atoms with E-state index in [4.69, 9.17) is 9.15 Å². The zero-order chi connectivity index (χ0) is 16.9. The summed E-state index contributed by atoms with van der Waals surface area (Å²) in [5.41, 5.74) is 0.834. The molecule has 0 aliphatic heterocycles. The van der Waals surface area contributed by atoms with Gasteiger partial charge in [-0.3, -0.25) is 4.79 Å². The lowest BCUT2D eigenvalue weighted by atomic mass is 10.2. The molecule has 0 aliphatic rings. The number of ether oxygens (including phenoxy) is 1. The van der Waals surface area contributed by atoms with Gasteiger partial charge in [0.2, 0.25) is 5.91 Å². The predicted octanol–water partition coefficient (Wildman–Crippen LogP) is 4.41. The van der Waals surface area contributed by atoms with Crippen LogP contribution in [0.25, 0.3) is 11.0 Å². The minimum absolute atomic E-state index is 0.0243. The highest BCUT2D eigenvalue weighted by Crippen LogP contribution is 2.24. The number of furan rings is 1. The topological polar surface area (TPSA) is 51.5 Å². The molecule has 3 aromatic rings. The van der Waals surface area contributed by atoms with Crippen LogP contribution in [-0.2, 0) is 4.79 Å². The number of hydrogen-bond donors (Lipinski definition) is 1. The van der Waals surface area contributed by atoms with Crippen molar-refractivity contribution in [3.8, 4) is 5.75 Å². The summed E-state index contributed by atoms with van der Waals surface area (Å²) in [6.45, 7) is 1.92. The molecule has 0 fully saturated rings. The number of rotatable bonds is 6. The van der Waals surface area contributed by atoms with Crippen LogP contribution in [0, 0.1) is 0 Å². The summed E-state index contributed by atoms with van der Waals surface area (Å²) >= 11 is 1.49. The van der Waals surface area contributed by atoms with Gasteiger partial charge >= 0.3 is 0 Å². The molecular formula is C19H19NO3S. The number of amides is 1. The molecule has 0 saturated carbocycles. The van der Waals surface area contributed by atoms with Crippen molar-refractivity contribution in [2.24, 2.45) is 0 Å². The third kappa shape index (κ3) is 3.92. The molecule has 0 bridgehead atoms. The van der Waals surface area contributed by atoms with E-state index < -0.39 is 0 Å². The molecule has 0 saturated heterocycles. The molecule has 0 radical (unpaired) electrons. The van der Waals surface area contributed by atoms with Gasteiger partial charge in [-0.15, -0.1) is 11.8 Å². The quantitative estimate of drug-likeness (QED) is 0.675. The Morgan fingerprint density at radius 1 is 1.21 bits per heavy atom. The summed E-state index contributed by atoms with van der Waals surface area (Å²) in [6.07, 6.45) is 0. The number of nitrogens with one attached hydrogen (secondary N) is 1. The molecule has 1 atom stereocenters. The normalized spacial score (nSPS) is 12.1. The lowest BCUT2D eigenvalue weighted by Crippen LogP contribution is -2.27. The van der Waals surface area contributed by atoms with Gasteiger partial charge in [0.15, 0.2) is 0 Å². The lowest BCUT2D eigenvalue weighted by Gasteiger charge is -2.11. The molecule has 4 nitrogen and oxygen atoms in total. The molecule has 5 heteroatoms. The van der Waals surface area contributed by atoms with Gasteiger partial charge in [0.05, 0.1) is 18.9 Å². The molecule has 1 amide bonds. The van der Waals surface area contributed by atoms with Crippen molar-refractivity contribution in [3.63, 3.8) is 0 Å². The summed E-state index contributed by atoms with van der Waals surface area (Å²) in [7, 11) is 1.63. The Balaban J connectivity index is 1.55. The summed E-state index contributed by atoms with van der Waals surface area (Å²) in [5, 5.41) is 4.01. The molecule has 1 heterocycles. The number of carbonyl (C=O) groups excluding carboxylic acids is 1. The van der Waals surface area contributed by atoms with Gasteiger partial charge in [-0.1, -0.05) is 18.2 Å². The SMILES string of the molecule is COc1ccc(SCC(=O)N[C@H](C)c2cc3ccccc3o2)cc1. The van der Waals surface area contributed by atoms with Gasteiger partial charge in [-0.05, 0) is 43.3 Å². The van der Waals surface area contributed by atoms with Crippen molar-refractivity contribution in [3.05, 3.63) is 60.4 Å². The first kappa shape index (κ1) is 16.5. The Kier molecular flexibility index (Phi) is 5.11. The zero-order valence-corrected chi connectivity index (χ0v) is 14.4. The smallest absolute Gasteiger partial charge is 0.230 e. The Hall–Kier alpha value is -2.40. The van der Waals surface area contributed by atoms with Crippen LogP contribution in [0.5, 0.6) is 5.75 Å². The van der Waals surface area contributed by atoms with E-state index >= 15 is 0 Å². The van der Waals surface area contributed by atoms with Gasteiger partial charge in [0.1, 0.15) is 17.1 Å². The highest BCUT2D eigenvalue weighted by Gasteiger charge is 2.14. The van der Waals surface area contributed by atoms with Crippen LogP contribution in [0.15, 0.2) is 63.9 Å². The molecule has 0 unspecified atom stereocenters. The fourth-order valence-corrected chi connectivity index (χ4v) is 3.10. The average Bonchev–Trinajstić information content (AvgIpc) is 3.05. The molecule has 1 N–H and O–H groups in total. The summed E-state index contributed by atoms with van der Waals surface area (Å²) < 4.78 is 10.9. The fraction of sp³-hybridized carbons (Fsp3) is 0.211. The van der Waals surface area contributed by atoms with Crippen LogP contribution < -0.4 is 10.1 Å². The first-order valence-electron chi connectivity index (χ1n) is 7.70. The van der Waals surface area contributed by atoms with E-state index in [1.165, 1.54) is 11.8 Å². The molecule has 3 rings (SSSR count). The molecular weight excluding hydrogens is 322 g/mol. The van der Waals surface area contributed by atoms with Crippen LogP contribution in [0.2, 0.25) is 0 Å². The number of carbonyl (C=O) groups is 1. The maximum atomic E-state index is 12.1. The van der Waals surface area contributed by atoms with Crippen LogP contribution in [0.3, 0.4) is 0 Å². The molecule has 0 aliphatic carbocycles. The maximum absolute atomic E-state index is 12.1. The number of thioether (sulfide) groups is 1. The molecule has 0 spiro atoms. The molecule has 2 aromatic carbocycles. The maximum Gasteiger partial charge on any atom is 0.230 e. The molecule has 24 heavy (non-hydrogen) atoms. The Bertz CT molecular complexity index is 793. The van der Waals surface area contributed by atoms with Crippen LogP contribution in [0.4, 0.5) is 0 Å². The van der Waals surface area contributed by atoms with Gasteiger partial charge in [-0.2, -0.15) is 0 Å². The number of benzene rings is 2. The van der Waals surface area contributed by atoms with E-state index in [9.17, 15) is 4.79 Å². The Morgan fingerprint density at radius 3 is 2.67 bits per heavy atom. The summed E-state index contributed by atoms with van der Waals surface area (Å²) in [5.74, 6) is 1.90. The van der Waals surface area contributed by atoms with Crippen LogP contribution >= 0.6 is 11.8 Å². The number of para-hydroxylation sites is 1. The van der Waals surface area contributed by atoms with Crippen molar-refractivity contribution in [2.75, 3.05) is 12.9 Å². The van der Waals surface area contributed by atoms with E-state index in [2.05, 4.69) is 5.32 Å². The molecule has 124 valence electrons. The third-order valence-corrected chi connectivity index (χ3v) is 4.69. The standard InChI is InChI=1S/C19H19NO3S/c1-13(18-11-14-5-3-4-6-17(14)23-18)20-19(21)12-24-16-9-7-15(22-2)8-10-16/h3-11,13H,12H2,1-2H3,(H,20,21)/t13-/m1/s1. The summed E-state index contributed by atoms with van der Waals surface area (Å²) in [4.78, 5) is 13.2. The number of fused-ring (bicyclic) bond motifs is 1. The van der Waals surface area contributed by atoms with Crippen molar-refractivity contribution < 1.29 is 13.9 Å². The van der Waals surface area contributed by atoms with Crippen molar-refractivity contribution >= 4 is 28.6 Å². The van der Waals surface area contributed by atoms with Gasteiger partial charge in [0, 0.05) is 10.3 Å². The Morgan fingerprint density at radius 2 is 1.96 bits per heavy atom. The lowest BCUT2D eigenvalue weighted by molar-refractivity contribution is -0.119. The monoisotopic (exact) mass is 341 g/mol.